The largest absolute Gasteiger partial charge is 0.496 e. The van der Waals surface area contributed by atoms with Gasteiger partial charge in [-0.2, -0.15) is 0 Å². The molecule has 4 rings (SSSR count). The summed E-state index contributed by atoms with van der Waals surface area (Å²) in [5.41, 5.74) is 2.41. The van der Waals surface area contributed by atoms with E-state index in [1.54, 1.807) is 49.4 Å². The number of nitrogens with one attached hydrogen (secondary N) is 3. The second-order valence-corrected chi connectivity index (χ2v) is 10.2. The molecule has 3 N–H and O–H groups in total. The lowest BCUT2D eigenvalue weighted by molar-refractivity contribution is -0.126. The van der Waals surface area contributed by atoms with Crippen LogP contribution in [0.25, 0.3) is 11.1 Å². The molecule has 36 heavy (non-hydrogen) atoms. The molecule has 0 radical (unpaired) electrons. The van der Waals surface area contributed by atoms with Gasteiger partial charge in [0.2, 0.25) is 11.8 Å². The third-order valence-electron chi connectivity index (χ3n) is 6.86. The van der Waals surface area contributed by atoms with Crippen LogP contribution in [-0.4, -0.2) is 61.4 Å². The zero-order valence-electron chi connectivity index (χ0n) is 21.1. The van der Waals surface area contributed by atoms with Gasteiger partial charge in [-0.1, -0.05) is 31.5 Å². The Morgan fingerprint density at radius 2 is 1.97 bits per heavy atom. The number of benzene rings is 2. The standard InChI is InChI=1S/C27H33ClN4O4/c1-15(2)11-22(29-3)25(33)30-18-9-10-32-23(14-18)26(34)31-21-7-5-16(12-20(21)27(32)35)19-13-17(28)6-8-24(19)36-4/h5-8,12-13,15,18,22-23,29H,9-11,14H2,1-4H3,(H,30,33)(H,31,34). The molecule has 3 atom stereocenters. The molecule has 1 saturated heterocycles. The average molecular weight is 513 g/mol. The third kappa shape index (κ3) is 5.34. The van der Waals surface area contributed by atoms with Gasteiger partial charge in [-0.3, -0.25) is 14.4 Å². The monoisotopic (exact) mass is 512 g/mol. The van der Waals surface area contributed by atoms with Crippen LogP contribution in [0, 0.1) is 5.92 Å². The number of carbonyl (C=O) groups is 3. The Labute approximate surface area is 216 Å². The Hall–Kier alpha value is -3.10. The number of anilines is 1. The van der Waals surface area contributed by atoms with E-state index >= 15 is 0 Å². The van der Waals surface area contributed by atoms with Gasteiger partial charge in [-0.05, 0) is 68.1 Å². The van der Waals surface area contributed by atoms with Crippen molar-refractivity contribution in [2.24, 2.45) is 5.92 Å². The smallest absolute Gasteiger partial charge is 0.256 e. The molecular formula is C27H33ClN4O4. The molecule has 0 spiro atoms. The van der Waals surface area contributed by atoms with Gasteiger partial charge < -0.3 is 25.6 Å². The number of methoxy groups -OCH3 is 1. The zero-order valence-corrected chi connectivity index (χ0v) is 21.8. The van der Waals surface area contributed by atoms with E-state index in [1.807, 2.05) is 6.07 Å². The maximum absolute atomic E-state index is 13.6. The topological polar surface area (TPSA) is 99.8 Å². The van der Waals surface area contributed by atoms with Gasteiger partial charge in [0.15, 0.2) is 0 Å². The van der Waals surface area contributed by atoms with E-state index in [0.29, 0.717) is 47.3 Å². The van der Waals surface area contributed by atoms with Crippen molar-refractivity contribution in [3.8, 4) is 16.9 Å². The predicted octanol–water partition coefficient (Wildman–Crippen LogP) is 3.69. The van der Waals surface area contributed by atoms with Gasteiger partial charge >= 0.3 is 0 Å². The number of carbonyl (C=O) groups excluding carboxylic acids is 3. The second-order valence-electron chi connectivity index (χ2n) is 9.81. The van der Waals surface area contributed by atoms with Gasteiger partial charge in [0.25, 0.3) is 5.91 Å². The normalized spacial score (nSPS) is 20.2. The molecule has 2 aliphatic heterocycles. The number of hydrogen-bond donors (Lipinski definition) is 3. The lowest BCUT2D eigenvalue weighted by Crippen LogP contribution is -2.56. The summed E-state index contributed by atoms with van der Waals surface area (Å²) < 4.78 is 5.48. The predicted molar refractivity (Wildman–Crippen MR) is 140 cm³/mol. The molecule has 2 aliphatic rings. The Balaban J connectivity index is 1.55. The van der Waals surface area contributed by atoms with Crippen LogP contribution in [-0.2, 0) is 9.59 Å². The first-order chi connectivity index (χ1) is 17.2. The number of likely N-dealkylation sites (N-methyl/N-ethyl adjacent to an activating group) is 1. The minimum atomic E-state index is -0.661. The van der Waals surface area contributed by atoms with E-state index in [0.717, 1.165) is 17.5 Å². The molecule has 2 aromatic carbocycles. The van der Waals surface area contributed by atoms with Crippen LogP contribution in [0.3, 0.4) is 0 Å². The van der Waals surface area contributed by atoms with Crippen LogP contribution in [0.2, 0.25) is 5.02 Å². The number of hydrogen-bond acceptors (Lipinski definition) is 5. The van der Waals surface area contributed by atoms with Crippen LogP contribution in [0.15, 0.2) is 36.4 Å². The molecular weight excluding hydrogens is 480 g/mol. The van der Waals surface area contributed by atoms with Gasteiger partial charge in [0.1, 0.15) is 11.8 Å². The molecule has 0 saturated carbocycles. The van der Waals surface area contributed by atoms with Crippen molar-refractivity contribution in [2.45, 2.75) is 51.2 Å². The fraction of sp³-hybridized carbons (Fsp3) is 0.444. The molecule has 2 heterocycles. The van der Waals surface area contributed by atoms with Crippen molar-refractivity contribution in [3.63, 3.8) is 0 Å². The molecule has 192 valence electrons. The van der Waals surface area contributed by atoms with E-state index in [1.165, 1.54) is 0 Å². The van der Waals surface area contributed by atoms with Gasteiger partial charge in [0, 0.05) is 23.2 Å². The number of ether oxygens (including phenoxy) is 1. The maximum atomic E-state index is 13.6. The number of rotatable bonds is 7. The van der Waals surface area contributed by atoms with E-state index < -0.39 is 6.04 Å². The first-order valence-corrected chi connectivity index (χ1v) is 12.7. The van der Waals surface area contributed by atoms with Crippen molar-refractivity contribution < 1.29 is 19.1 Å². The molecule has 2 aromatic rings. The van der Waals surface area contributed by atoms with Crippen molar-refractivity contribution in [1.29, 1.82) is 0 Å². The fourth-order valence-electron chi connectivity index (χ4n) is 4.99. The molecule has 8 nitrogen and oxygen atoms in total. The first-order valence-electron chi connectivity index (χ1n) is 12.3. The van der Waals surface area contributed by atoms with Crippen molar-refractivity contribution in [3.05, 3.63) is 47.0 Å². The molecule has 3 amide bonds. The second kappa shape index (κ2) is 10.9. The highest BCUT2D eigenvalue weighted by atomic mass is 35.5. The zero-order chi connectivity index (χ0) is 26.0. The summed E-state index contributed by atoms with van der Waals surface area (Å²) in [6.45, 7) is 4.52. The molecule has 0 bridgehead atoms. The van der Waals surface area contributed by atoms with Crippen molar-refractivity contribution in [2.75, 3.05) is 26.0 Å². The Morgan fingerprint density at radius 1 is 1.19 bits per heavy atom. The lowest BCUT2D eigenvalue weighted by atomic mass is 9.95. The Morgan fingerprint density at radius 3 is 2.67 bits per heavy atom. The summed E-state index contributed by atoms with van der Waals surface area (Å²) in [5, 5.41) is 9.64. The molecule has 0 aliphatic carbocycles. The third-order valence-corrected chi connectivity index (χ3v) is 7.10. The van der Waals surface area contributed by atoms with Crippen LogP contribution in [0.1, 0.15) is 43.5 Å². The average Bonchev–Trinajstić information content (AvgIpc) is 2.96. The van der Waals surface area contributed by atoms with Gasteiger partial charge in [0.05, 0.1) is 24.4 Å². The van der Waals surface area contributed by atoms with E-state index in [-0.39, 0.29) is 29.8 Å². The molecule has 3 unspecified atom stereocenters. The first kappa shape index (κ1) is 26.0. The van der Waals surface area contributed by atoms with Crippen molar-refractivity contribution >= 4 is 35.0 Å². The van der Waals surface area contributed by atoms with E-state index in [4.69, 9.17) is 16.3 Å². The Kier molecular flexibility index (Phi) is 7.85. The highest BCUT2D eigenvalue weighted by Gasteiger charge is 2.40. The lowest BCUT2D eigenvalue weighted by Gasteiger charge is -2.37. The number of amides is 3. The van der Waals surface area contributed by atoms with Gasteiger partial charge in [-0.15, -0.1) is 0 Å². The molecule has 0 aromatic heterocycles. The summed E-state index contributed by atoms with van der Waals surface area (Å²) in [6.07, 6.45) is 1.67. The number of halogens is 1. The number of fused-ring (bicyclic) bond motifs is 2. The van der Waals surface area contributed by atoms with Crippen LogP contribution in [0.4, 0.5) is 5.69 Å². The fourth-order valence-corrected chi connectivity index (χ4v) is 5.16. The van der Waals surface area contributed by atoms with Gasteiger partial charge in [-0.25, -0.2) is 0 Å². The number of nitrogens with zero attached hydrogens (tertiary/aromatic N) is 1. The summed E-state index contributed by atoms with van der Waals surface area (Å²) in [4.78, 5) is 41.2. The summed E-state index contributed by atoms with van der Waals surface area (Å²) in [7, 11) is 3.35. The van der Waals surface area contributed by atoms with Crippen LogP contribution < -0.4 is 20.7 Å². The summed E-state index contributed by atoms with van der Waals surface area (Å²) in [6, 6.07) is 9.51. The van der Waals surface area contributed by atoms with Crippen LogP contribution >= 0.6 is 11.6 Å². The highest BCUT2D eigenvalue weighted by Crippen LogP contribution is 2.36. The molecule has 9 heteroatoms. The highest BCUT2D eigenvalue weighted by molar-refractivity contribution is 6.31. The van der Waals surface area contributed by atoms with Crippen molar-refractivity contribution in [1.82, 2.24) is 15.5 Å². The minimum absolute atomic E-state index is 0.0756. The summed E-state index contributed by atoms with van der Waals surface area (Å²) in [5.74, 6) is 0.468. The number of piperidine rings is 1. The Bertz CT molecular complexity index is 1170. The van der Waals surface area contributed by atoms with Crippen LogP contribution in [0.5, 0.6) is 5.75 Å². The summed E-state index contributed by atoms with van der Waals surface area (Å²) >= 11 is 6.21. The SMILES string of the molecule is CNC(CC(C)C)C(=O)NC1CCN2C(=O)c3cc(-c4cc(Cl)ccc4OC)ccc3NC(=O)C2C1. The van der Waals surface area contributed by atoms with E-state index in [2.05, 4.69) is 29.8 Å². The maximum Gasteiger partial charge on any atom is 0.256 e. The molecule has 1 fully saturated rings. The minimum Gasteiger partial charge on any atom is -0.496 e. The van der Waals surface area contributed by atoms with E-state index in [9.17, 15) is 14.4 Å². The quantitative estimate of drug-likeness (QED) is 0.525.